The van der Waals surface area contributed by atoms with Crippen LogP contribution in [0, 0.1) is 0 Å². The lowest BCUT2D eigenvalue weighted by Crippen LogP contribution is -2.54. The summed E-state index contributed by atoms with van der Waals surface area (Å²) < 4.78 is 7.34. The highest BCUT2D eigenvalue weighted by molar-refractivity contribution is 9.10. The van der Waals surface area contributed by atoms with Crippen LogP contribution in [0.2, 0.25) is 5.02 Å². The maximum atomic E-state index is 13.1. The van der Waals surface area contributed by atoms with Gasteiger partial charge in [0.05, 0.1) is 12.8 Å². The summed E-state index contributed by atoms with van der Waals surface area (Å²) in [5.74, 6) is -0.915. The Labute approximate surface area is 217 Å². The molecule has 0 saturated carbocycles. The molecule has 172 valence electrons. The molecule has 0 atom stereocenters. The van der Waals surface area contributed by atoms with Crippen LogP contribution in [0.1, 0.15) is 16.7 Å². The van der Waals surface area contributed by atoms with Gasteiger partial charge in [-0.05, 0) is 59.7 Å². The molecule has 1 fully saturated rings. The molecule has 9 heteroatoms. The number of amides is 4. The van der Waals surface area contributed by atoms with Crippen LogP contribution in [-0.4, -0.2) is 25.0 Å². The number of ether oxygens (including phenoxy) is 1. The van der Waals surface area contributed by atoms with Gasteiger partial charge in [0.15, 0.2) is 0 Å². The van der Waals surface area contributed by atoms with Crippen molar-refractivity contribution >= 4 is 73.1 Å². The standard InChI is InChI=1S/C25H17Br2ClN2O4/c1-34-22-12-14(11-21(27)18(22)13-15-4-2-3-5-20(15)26)10-19-23(31)29-25(33)30(24(19)32)17-8-6-16(28)7-9-17/h2-12H,13H2,1H3,(H,29,31,33)/b19-10+. The lowest BCUT2D eigenvalue weighted by atomic mass is 10.0. The van der Waals surface area contributed by atoms with Crippen LogP contribution in [0.3, 0.4) is 0 Å². The van der Waals surface area contributed by atoms with E-state index in [2.05, 4.69) is 37.2 Å². The Balaban J connectivity index is 1.71. The van der Waals surface area contributed by atoms with E-state index in [0.29, 0.717) is 28.4 Å². The van der Waals surface area contributed by atoms with E-state index in [1.54, 1.807) is 31.4 Å². The number of hydrogen-bond donors (Lipinski definition) is 1. The number of carbonyl (C=O) groups is 3. The van der Waals surface area contributed by atoms with Crippen molar-refractivity contribution < 1.29 is 19.1 Å². The summed E-state index contributed by atoms with van der Waals surface area (Å²) in [5.41, 5.74) is 2.67. The molecule has 1 aliphatic rings. The number of urea groups is 1. The Morgan fingerprint density at radius 1 is 1.00 bits per heavy atom. The zero-order valence-electron chi connectivity index (χ0n) is 17.8. The summed E-state index contributed by atoms with van der Waals surface area (Å²) in [7, 11) is 1.56. The third kappa shape index (κ3) is 4.94. The van der Waals surface area contributed by atoms with E-state index in [1.165, 1.54) is 18.2 Å². The minimum Gasteiger partial charge on any atom is -0.496 e. The average Bonchev–Trinajstić information content (AvgIpc) is 2.80. The highest BCUT2D eigenvalue weighted by atomic mass is 79.9. The Kier molecular flexibility index (Phi) is 7.21. The maximum absolute atomic E-state index is 13.1. The van der Waals surface area contributed by atoms with E-state index < -0.39 is 17.8 Å². The van der Waals surface area contributed by atoms with E-state index in [-0.39, 0.29) is 5.57 Å². The quantitative estimate of drug-likeness (QED) is 0.281. The second-order valence-electron chi connectivity index (χ2n) is 7.39. The summed E-state index contributed by atoms with van der Waals surface area (Å²) in [6.45, 7) is 0. The van der Waals surface area contributed by atoms with Crippen LogP contribution in [0.4, 0.5) is 10.5 Å². The average molecular weight is 605 g/mol. The predicted molar refractivity (Wildman–Crippen MR) is 138 cm³/mol. The number of methoxy groups -OCH3 is 1. The van der Waals surface area contributed by atoms with Crippen molar-refractivity contribution in [1.82, 2.24) is 5.32 Å². The van der Waals surface area contributed by atoms with Crippen molar-refractivity contribution in [2.45, 2.75) is 6.42 Å². The van der Waals surface area contributed by atoms with Crippen LogP contribution in [0.15, 0.2) is 75.2 Å². The van der Waals surface area contributed by atoms with Crippen molar-refractivity contribution in [2.75, 3.05) is 12.0 Å². The third-order valence-electron chi connectivity index (χ3n) is 5.22. The second-order valence-corrected chi connectivity index (χ2v) is 9.53. The molecule has 0 spiro atoms. The monoisotopic (exact) mass is 602 g/mol. The largest absolute Gasteiger partial charge is 0.496 e. The molecule has 4 rings (SSSR count). The summed E-state index contributed by atoms with van der Waals surface area (Å²) in [6.07, 6.45) is 2.03. The van der Waals surface area contributed by atoms with Crippen LogP contribution < -0.4 is 15.0 Å². The van der Waals surface area contributed by atoms with Gasteiger partial charge in [0.2, 0.25) is 0 Å². The van der Waals surface area contributed by atoms with Crippen LogP contribution in [0.5, 0.6) is 5.75 Å². The van der Waals surface area contributed by atoms with Crippen LogP contribution in [0.25, 0.3) is 6.08 Å². The van der Waals surface area contributed by atoms with Crippen LogP contribution >= 0.6 is 43.5 Å². The first-order valence-corrected chi connectivity index (χ1v) is 12.0. The first-order chi connectivity index (χ1) is 16.3. The first kappa shape index (κ1) is 24.2. The van der Waals surface area contributed by atoms with Crippen molar-refractivity contribution in [3.63, 3.8) is 0 Å². The third-order valence-corrected chi connectivity index (χ3v) is 6.95. The molecule has 1 saturated heterocycles. The zero-order chi connectivity index (χ0) is 24.4. The first-order valence-electron chi connectivity index (χ1n) is 10.1. The van der Waals surface area contributed by atoms with E-state index in [1.807, 2.05) is 24.3 Å². The van der Waals surface area contributed by atoms with Gasteiger partial charge in [-0.1, -0.05) is 61.7 Å². The molecule has 0 aromatic heterocycles. The van der Waals surface area contributed by atoms with E-state index in [0.717, 1.165) is 25.0 Å². The molecule has 0 unspecified atom stereocenters. The molecule has 4 amide bonds. The fraction of sp³-hybridized carbons (Fsp3) is 0.0800. The molecule has 1 aliphatic heterocycles. The number of carbonyl (C=O) groups excluding carboxylic acids is 3. The molecule has 34 heavy (non-hydrogen) atoms. The predicted octanol–water partition coefficient (Wildman–Crippen LogP) is 6.13. The van der Waals surface area contributed by atoms with Crippen molar-refractivity contribution in [1.29, 1.82) is 0 Å². The molecule has 0 aliphatic carbocycles. The summed E-state index contributed by atoms with van der Waals surface area (Å²) in [4.78, 5) is 38.9. The molecular weight excluding hydrogens is 588 g/mol. The lowest BCUT2D eigenvalue weighted by molar-refractivity contribution is -0.122. The van der Waals surface area contributed by atoms with Gasteiger partial charge in [0.1, 0.15) is 11.3 Å². The van der Waals surface area contributed by atoms with Gasteiger partial charge < -0.3 is 4.74 Å². The Morgan fingerprint density at radius 3 is 2.38 bits per heavy atom. The number of hydrogen-bond acceptors (Lipinski definition) is 4. The lowest BCUT2D eigenvalue weighted by Gasteiger charge is -2.26. The smallest absolute Gasteiger partial charge is 0.335 e. The minimum absolute atomic E-state index is 0.179. The number of imide groups is 2. The fourth-order valence-corrected chi connectivity index (χ4v) is 4.70. The number of nitrogens with one attached hydrogen (secondary N) is 1. The second kappa shape index (κ2) is 10.1. The Morgan fingerprint density at radius 2 is 1.71 bits per heavy atom. The maximum Gasteiger partial charge on any atom is 0.335 e. The minimum atomic E-state index is -0.822. The molecular formula is C25H17Br2ClN2O4. The van der Waals surface area contributed by atoms with Gasteiger partial charge >= 0.3 is 6.03 Å². The molecule has 0 radical (unpaired) electrons. The molecule has 3 aromatic carbocycles. The van der Waals surface area contributed by atoms with Crippen molar-refractivity contribution in [3.8, 4) is 5.75 Å². The summed E-state index contributed by atoms with van der Waals surface area (Å²) >= 11 is 13.1. The fourth-order valence-electron chi connectivity index (χ4n) is 3.55. The van der Waals surface area contributed by atoms with Gasteiger partial charge in [0.25, 0.3) is 11.8 Å². The SMILES string of the molecule is COc1cc(/C=C2\C(=O)NC(=O)N(c3ccc(Cl)cc3)C2=O)cc(Br)c1Cc1ccccc1Br. The highest BCUT2D eigenvalue weighted by Crippen LogP contribution is 2.34. The molecule has 0 bridgehead atoms. The number of nitrogens with zero attached hydrogens (tertiary/aromatic N) is 1. The Bertz CT molecular complexity index is 1340. The van der Waals surface area contributed by atoms with Crippen LogP contribution in [-0.2, 0) is 16.0 Å². The van der Waals surface area contributed by atoms with Crippen molar-refractivity contribution in [2.24, 2.45) is 0 Å². The summed E-state index contributed by atoms with van der Waals surface area (Å²) in [6, 6.07) is 16.8. The van der Waals surface area contributed by atoms with Gasteiger partial charge in [-0.25, -0.2) is 9.69 Å². The number of halogens is 3. The highest BCUT2D eigenvalue weighted by Gasteiger charge is 2.36. The van der Waals surface area contributed by atoms with E-state index in [4.69, 9.17) is 16.3 Å². The number of rotatable bonds is 5. The van der Waals surface area contributed by atoms with Gasteiger partial charge in [-0.2, -0.15) is 0 Å². The summed E-state index contributed by atoms with van der Waals surface area (Å²) in [5, 5.41) is 2.67. The number of anilines is 1. The topological polar surface area (TPSA) is 75.7 Å². The zero-order valence-corrected chi connectivity index (χ0v) is 21.7. The van der Waals surface area contributed by atoms with E-state index in [9.17, 15) is 14.4 Å². The molecule has 3 aromatic rings. The molecule has 6 nitrogen and oxygen atoms in total. The van der Waals surface area contributed by atoms with Crippen molar-refractivity contribution in [3.05, 3.63) is 96.9 Å². The Hall–Kier alpha value is -2.94. The van der Waals surface area contributed by atoms with Gasteiger partial charge in [0, 0.05) is 26.0 Å². The number of barbiturate groups is 1. The normalized spacial score (nSPS) is 15.0. The number of benzene rings is 3. The van der Waals surface area contributed by atoms with Gasteiger partial charge in [-0.3, -0.25) is 14.9 Å². The van der Waals surface area contributed by atoms with Gasteiger partial charge in [-0.15, -0.1) is 0 Å². The molecule has 1 N–H and O–H groups in total. The molecule has 1 heterocycles. The van der Waals surface area contributed by atoms with E-state index >= 15 is 0 Å².